The van der Waals surface area contributed by atoms with Crippen LogP contribution < -0.4 is 5.32 Å². The van der Waals surface area contributed by atoms with Crippen LogP contribution in [0.1, 0.15) is 34.3 Å². The molecule has 146 valence electrons. The third-order valence-corrected chi connectivity index (χ3v) is 5.69. The first-order chi connectivity index (χ1) is 13.6. The summed E-state index contributed by atoms with van der Waals surface area (Å²) in [6.07, 6.45) is 1.46. The molecule has 1 saturated heterocycles. The summed E-state index contributed by atoms with van der Waals surface area (Å²) in [5, 5.41) is 3.82. The molecule has 2 aromatic carbocycles. The summed E-state index contributed by atoms with van der Waals surface area (Å²) in [6.45, 7) is 2.72. The second-order valence-corrected chi connectivity index (χ2v) is 7.88. The third kappa shape index (κ3) is 4.37. The number of benzene rings is 2. The highest BCUT2D eigenvalue weighted by Crippen LogP contribution is 2.21. The molecule has 2 aliphatic rings. The van der Waals surface area contributed by atoms with Crippen LogP contribution in [0.2, 0.25) is 5.02 Å². The lowest BCUT2D eigenvalue weighted by molar-refractivity contribution is -0.131. The fourth-order valence-electron chi connectivity index (χ4n) is 3.86. The smallest absolute Gasteiger partial charge is 0.339 e. The number of carbonyl (C=O) groups excluding carboxylic acids is 2. The van der Waals surface area contributed by atoms with E-state index in [1.54, 1.807) is 12.1 Å². The summed E-state index contributed by atoms with van der Waals surface area (Å²) < 4.78 is 5.35. The van der Waals surface area contributed by atoms with Crippen LogP contribution in [0.25, 0.3) is 0 Å². The molecule has 2 aromatic rings. The van der Waals surface area contributed by atoms with Crippen molar-refractivity contribution >= 4 is 23.5 Å². The van der Waals surface area contributed by atoms with Gasteiger partial charge in [0.15, 0.2) is 6.10 Å². The van der Waals surface area contributed by atoms with Crippen molar-refractivity contribution in [2.24, 2.45) is 0 Å². The molecule has 4 rings (SSSR count). The molecule has 28 heavy (non-hydrogen) atoms. The molecule has 2 aliphatic heterocycles. The Hall–Kier alpha value is -2.37. The highest BCUT2D eigenvalue weighted by atomic mass is 35.5. The van der Waals surface area contributed by atoms with Crippen molar-refractivity contribution in [2.45, 2.75) is 38.0 Å². The normalized spacial score (nSPS) is 20.3. The molecule has 1 atom stereocenters. The van der Waals surface area contributed by atoms with E-state index in [2.05, 4.69) is 10.2 Å². The molecule has 0 aromatic heterocycles. The first-order valence-electron chi connectivity index (χ1n) is 9.64. The zero-order chi connectivity index (χ0) is 19.5. The Morgan fingerprint density at radius 2 is 1.82 bits per heavy atom. The van der Waals surface area contributed by atoms with Crippen molar-refractivity contribution < 1.29 is 14.3 Å². The minimum absolute atomic E-state index is 0.116. The number of cyclic esters (lactones) is 1. The van der Waals surface area contributed by atoms with E-state index >= 15 is 0 Å². The maximum atomic E-state index is 12.6. The number of hydrogen-bond donors (Lipinski definition) is 1. The Kier molecular flexibility index (Phi) is 5.64. The molecule has 1 amide bonds. The SMILES string of the molecule is O=C1OC(C(=O)NC2CCN(Cc3ccc(Cl)cc3)CC2)Cc2ccccc21. The van der Waals surface area contributed by atoms with E-state index < -0.39 is 12.1 Å². The average molecular weight is 399 g/mol. The maximum absolute atomic E-state index is 12.6. The fraction of sp³-hybridized carbons (Fsp3) is 0.364. The number of carbonyl (C=O) groups is 2. The first-order valence-corrected chi connectivity index (χ1v) is 10.0. The van der Waals surface area contributed by atoms with Crippen LogP contribution in [0.3, 0.4) is 0 Å². The molecule has 0 radical (unpaired) electrons. The van der Waals surface area contributed by atoms with Gasteiger partial charge >= 0.3 is 5.97 Å². The van der Waals surface area contributed by atoms with Gasteiger partial charge in [-0.05, 0) is 42.2 Å². The molecule has 2 heterocycles. The number of halogens is 1. The van der Waals surface area contributed by atoms with E-state index in [0.29, 0.717) is 12.0 Å². The van der Waals surface area contributed by atoms with Crippen molar-refractivity contribution in [3.63, 3.8) is 0 Å². The summed E-state index contributed by atoms with van der Waals surface area (Å²) in [7, 11) is 0. The van der Waals surface area contributed by atoms with Gasteiger partial charge in [-0.25, -0.2) is 4.79 Å². The monoisotopic (exact) mass is 398 g/mol. The van der Waals surface area contributed by atoms with E-state index in [4.69, 9.17) is 16.3 Å². The van der Waals surface area contributed by atoms with E-state index in [0.717, 1.165) is 43.1 Å². The van der Waals surface area contributed by atoms with Gasteiger partial charge in [0.25, 0.3) is 5.91 Å². The Morgan fingerprint density at radius 3 is 2.57 bits per heavy atom. The predicted octanol–water partition coefficient (Wildman–Crippen LogP) is 3.20. The van der Waals surface area contributed by atoms with Gasteiger partial charge in [0.2, 0.25) is 0 Å². The Bertz CT molecular complexity index is 860. The summed E-state index contributed by atoms with van der Waals surface area (Å²) in [6, 6.07) is 15.3. The minimum atomic E-state index is -0.741. The number of nitrogens with one attached hydrogen (secondary N) is 1. The van der Waals surface area contributed by atoms with Gasteiger partial charge in [0.1, 0.15) is 0 Å². The Morgan fingerprint density at radius 1 is 1.11 bits per heavy atom. The number of amides is 1. The second kappa shape index (κ2) is 8.33. The Balaban J connectivity index is 1.27. The number of nitrogens with zero attached hydrogens (tertiary/aromatic N) is 1. The van der Waals surface area contributed by atoms with Crippen LogP contribution in [-0.4, -0.2) is 42.0 Å². The van der Waals surface area contributed by atoms with E-state index in [9.17, 15) is 9.59 Å². The summed E-state index contributed by atoms with van der Waals surface area (Å²) in [5.41, 5.74) is 2.67. The third-order valence-electron chi connectivity index (χ3n) is 5.44. The van der Waals surface area contributed by atoms with Crippen LogP contribution in [0.5, 0.6) is 0 Å². The van der Waals surface area contributed by atoms with Crippen LogP contribution in [0.15, 0.2) is 48.5 Å². The van der Waals surface area contributed by atoms with Crippen molar-refractivity contribution in [3.8, 4) is 0 Å². The maximum Gasteiger partial charge on any atom is 0.339 e. The van der Waals surface area contributed by atoms with Crippen LogP contribution >= 0.6 is 11.6 Å². The van der Waals surface area contributed by atoms with Gasteiger partial charge in [0, 0.05) is 37.1 Å². The molecule has 0 aliphatic carbocycles. The van der Waals surface area contributed by atoms with Gasteiger partial charge in [-0.15, -0.1) is 0 Å². The van der Waals surface area contributed by atoms with E-state index in [1.807, 2.05) is 36.4 Å². The molecule has 0 bridgehead atoms. The number of piperidine rings is 1. The van der Waals surface area contributed by atoms with Crippen molar-refractivity contribution in [2.75, 3.05) is 13.1 Å². The molecule has 1 N–H and O–H groups in total. The molecule has 0 spiro atoms. The summed E-state index contributed by atoms with van der Waals surface area (Å²) in [4.78, 5) is 27.1. The van der Waals surface area contributed by atoms with E-state index in [1.165, 1.54) is 5.56 Å². The van der Waals surface area contributed by atoms with Gasteiger partial charge in [-0.3, -0.25) is 9.69 Å². The van der Waals surface area contributed by atoms with Crippen molar-refractivity contribution in [3.05, 3.63) is 70.2 Å². The van der Waals surface area contributed by atoms with Crippen molar-refractivity contribution in [1.29, 1.82) is 0 Å². The average Bonchev–Trinajstić information content (AvgIpc) is 2.71. The van der Waals surface area contributed by atoms with Crippen LogP contribution in [0, 0.1) is 0 Å². The lowest BCUT2D eigenvalue weighted by atomic mass is 9.97. The second-order valence-electron chi connectivity index (χ2n) is 7.44. The summed E-state index contributed by atoms with van der Waals surface area (Å²) >= 11 is 5.94. The number of hydrogen-bond acceptors (Lipinski definition) is 4. The topological polar surface area (TPSA) is 58.6 Å². The number of fused-ring (bicyclic) bond motifs is 1. The molecule has 0 saturated carbocycles. The minimum Gasteiger partial charge on any atom is -0.448 e. The quantitative estimate of drug-likeness (QED) is 0.803. The largest absolute Gasteiger partial charge is 0.448 e. The van der Waals surface area contributed by atoms with Crippen LogP contribution in [-0.2, 0) is 22.5 Å². The van der Waals surface area contributed by atoms with Gasteiger partial charge in [-0.2, -0.15) is 0 Å². The molecular weight excluding hydrogens is 376 g/mol. The lowest BCUT2D eigenvalue weighted by Gasteiger charge is -2.33. The van der Waals surface area contributed by atoms with Gasteiger partial charge in [-0.1, -0.05) is 41.9 Å². The van der Waals surface area contributed by atoms with Crippen LogP contribution in [0.4, 0.5) is 0 Å². The van der Waals surface area contributed by atoms with Gasteiger partial charge in [0.05, 0.1) is 5.56 Å². The zero-order valence-electron chi connectivity index (χ0n) is 15.6. The number of esters is 1. The summed E-state index contributed by atoms with van der Waals surface area (Å²) in [5.74, 6) is -0.612. The van der Waals surface area contributed by atoms with Crippen molar-refractivity contribution in [1.82, 2.24) is 10.2 Å². The number of likely N-dealkylation sites (tertiary alicyclic amines) is 1. The fourth-order valence-corrected chi connectivity index (χ4v) is 3.98. The lowest BCUT2D eigenvalue weighted by Crippen LogP contribution is -2.49. The number of ether oxygens (including phenoxy) is 1. The van der Waals surface area contributed by atoms with Gasteiger partial charge < -0.3 is 10.1 Å². The highest BCUT2D eigenvalue weighted by molar-refractivity contribution is 6.30. The highest BCUT2D eigenvalue weighted by Gasteiger charge is 2.32. The predicted molar refractivity (Wildman–Crippen MR) is 107 cm³/mol. The molecular formula is C22H23ClN2O3. The first kappa shape index (κ1) is 19.0. The molecule has 1 unspecified atom stereocenters. The van der Waals surface area contributed by atoms with E-state index in [-0.39, 0.29) is 11.9 Å². The number of rotatable bonds is 4. The molecule has 1 fully saturated rings. The molecule has 5 nitrogen and oxygen atoms in total. The Labute approximate surface area is 169 Å². The zero-order valence-corrected chi connectivity index (χ0v) is 16.3. The molecule has 6 heteroatoms. The standard InChI is InChI=1S/C22H23ClN2O3/c23-17-7-5-15(6-8-17)14-25-11-9-18(10-12-25)24-21(26)20-13-16-3-1-2-4-19(16)22(27)28-20/h1-8,18,20H,9-14H2,(H,24,26).